The third-order valence-electron chi connectivity index (χ3n) is 4.00. The van der Waals surface area contributed by atoms with Crippen molar-refractivity contribution in [2.45, 2.75) is 12.8 Å². The summed E-state index contributed by atoms with van der Waals surface area (Å²) in [5, 5.41) is 4.79. The van der Waals surface area contributed by atoms with Gasteiger partial charge < -0.3 is 4.84 Å². The first kappa shape index (κ1) is 21.5. The molecule has 0 aliphatic rings. The van der Waals surface area contributed by atoms with Crippen LogP contribution < -0.4 is 0 Å². The first-order valence-corrected chi connectivity index (χ1v) is 9.46. The fraction of sp³-hybridized carbons (Fsp3) is 0.0952. The van der Waals surface area contributed by atoms with Gasteiger partial charge in [-0.3, -0.25) is 0 Å². The van der Waals surface area contributed by atoms with Gasteiger partial charge in [-0.1, -0.05) is 82.4 Å². The summed E-state index contributed by atoms with van der Waals surface area (Å²) in [6.07, 6.45) is -4.59. The molecule has 0 atom stereocenters. The molecule has 0 saturated heterocycles. The topological polar surface area (TPSA) is 21.6 Å². The highest BCUT2D eigenvalue weighted by Gasteiger charge is 2.35. The van der Waals surface area contributed by atoms with Crippen LogP contribution in [0.3, 0.4) is 0 Å². The summed E-state index contributed by atoms with van der Waals surface area (Å²) in [7, 11) is 0. The van der Waals surface area contributed by atoms with Crippen molar-refractivity contribution in [2.24, 2.45) is 5.16 Å². The van der Waals surface area contributed by atoms with E-state index in [-0.39, 0.29) is 22.9 Å². The van der Waals surface area contributed by atoms with E-state index in [9.17, 15) is 13.2 Å². The van der Waals surface area contributed by atoms with Crippen LogP contribution in [0, 0.1) is 0 Å². The molecule has 29 heavy (non-hydrogen) atoms. The number of benzene rings is 3. The van der Waals surface area contributed by atoms with Crippen LogP contribution in [0.2, 0.25) is 15.1 Å². The number of halogens is 6. The van der Waals surface area contributed by atoms with Crippen LogP contribution >= 0.6 is 34.8 Å². The molecule has 0 aliphatic carbocycles. The number of hydrogen-bond acceptors (Lipinski definition) is 2. The summed E-state index contributed by atoms with van der Waals surface area (Å²) >= 11 is 18.1. The molecule has 0 spiro atoms. The van der Waals surface area contributed by atoms with Crippen molar-refractivity contribution in [1.82, 2.24) is 0 Å². The van der Waals surface area contributed by atoms with E-state index >= 15 is 0 Å². The van der Waals surface area contributed by atoms with Gasteiger partial charge in [0, 0.05) is 21.7 Å². The highest BCUT2D eigenvalue weighted by atomic mass is 35.5. The summed E-state index contributed by atoms with van der Waals surface area (Å²) in [5.74, 6) is 0. The summed E-state index contributed by atoms with van der Waals surface area (Å²) < 4.78 is 40.7. The number of nitrogens with zero attached hydrogens (tertiary/aromatic N) is 1. The normalized spacial score (nSPS) is 12.1. The highest BCUT2D eigenvalue weighted by molar-refractivity contribution is 6.42. The molecule has 2 nitrogen and oxygen atoms in total. The molecular weight excluding hydrogens is 446 g/mol. The van der Waals surface area contributed by atoms with E-state index in [2.05, 4.69) is 5.16 Å². The zero-order valence-electron chi connectivity index (χ0n) is 14.7. The summed E-state index contributed by atoms with van der Waals surface area (Å²) in [6.45, 7) is -0.0718. The van der Waals surface area contributed by atoms with E-state index < -0.39 is 11.7 Å². The fourth-order valence-corrected chi connectivity index (χ4v) is 3.19. The Morgan fingerprint density at radius 3 is 2.31 bits per heavy atom. The minimum Gasteiger partial charge on any atom is -0.390 e. The van der Waals surface area contributed by atoms with Crippen LogP contribution in [0.25, 0.3) is 0 Å². The SMILES string of the molecule is FC(F)(F)c1ccc(Cl)cc1/C(=N/OCc1cccc(Cl)c1Cl)c1ccccc1. The predicted molar refractivity (Wildman–Crippen MR) is 110 cm³/mol. The maximum absolute atomic E-state index is 13.6. The largest absolute Gasteiger partial charge is 0.417 e. The lowest BCUT2D eigenvalue weighted by Crippen LogP contribution is -2.15. The summed E-state index contributed by atoms with van der Waals surface area (Å²) in [5.41, 5.74) is -0.0595. The zero-order valence-corrected chi connectivity index (χ0v) is 16.9. The van der Waals surface area contributed by atoms with E-state index in [4.69, 9.17) is 39.6 Å². The van der Waals surface area contributed by atoms with Gasteiger partial charge in [0.15, 0.2) is 0 Å². The van der Waals surface area contributed by atoms with E-state index in [1.165, 1.54) is 12.1 Å². The van der Waals surface area contributed by atoms with Crippen LogP contribution in [0.15, 0.2) is 71.9 Å². The predicted octanol–water partition coefficient (Wildman–Crippen LogP) is 7.63. The average molecular weight is 459 g/mol. The number of alkyl halides is 3. The third-order valence-corrected chi connectivity index (χ3v) is 5.09. The molecule has 0 bridgehead atoms. The van der Waals surface area contributed by atoms with Crippen LogP contribution in [0.5, 0.6) is 0 Å². The quantitative estimate of drug-likeness (QED) is 0.284. The van der Waals surface area contributed by atoms with Gasteiger partial charge in [0.25, 0.3) is 0 Å². The lowest BCUT2D eigenvalue weighted by molar-refractivity contribution is -0.137. The van der Waals surface area contributed by atoms with E-state index in [0.29, 0.717) is 21.2 Å². The zero-order chi connectivity index (χ0) is 21.0. The van der Waals surface area contributed by atoms with Crippen molar-refractivity contribution < 1.29 is 18.0 Å². The third kappa shape index (κ3) is 5.24. The van der Waals surface area contributed by atoms with Gasteiger partial charge in [0.1, 0.15) is 12.3 Å². The van der Waals surface area contributed by atoms with Gasteiger partial charge in [0.05, 0.1) is 15.6 Å². The van der Waals surface area contributed by atoms with Crippen molar-refractivity contribution in [3.8, 4) is 0 Å². The minimum atomic E-state index is -4.59. The molecule has 0 unspecified atom stereocenters. The second-order valence-electron chi connectivity index (χ2n) is 5.98. The second kappa shape index (κ2) is 9.08. The van der Waals surface area contributed by atoms with E-state index in [0.717, 1.165) is 6.07 Å². The molecule has 0 saturated carbocycles. The van der Waals surface area contributed by atoms with E-state index in [1.54, 1.807) is 48.5 Å². The van der Waals surface area contributed by atoms with Crippen molar-refractivity contribution in [3.05, 3.63) is 104 Å². The molecule has 0 heterocycles. The minimum absolute atomic E-state index is 0.00132. The standard InChI is InChI=1S/C21H13Cl3F3NO/c22-15-9-10-17(21(25,26)27)16(11-15)20(13-5-2-1-3-6-13)28-29-12-14-7-4-8-18(23)19(14)24/h1-11H,12H2/b28-20+. The van der Waals surface area contributed by atoms with E-state index in [1.807, 2.05) is 0 Å². The Morgan fingerprint density at radius 2 is 1.62 bits per heavy atom. The van der Waals surface area contributed by atoms with Crippen LogP contribution in [0.4, 0.5) is 13.2 Å². The molecule has 0 fully saturated rings. The monoisotopic (exact) mass is 457 g/mol. The molecule has 0 aromatic heterocycles. The Balaban J connectivity index is 2.04. The number of rotatable bonds is 5. The van der Waals surface area contributed by atoms with Crippen molar-refractivity contribution in [1.29, 1.82) is 0 Å². The average Bonchev–Trinajstić information content (AvgIpc) is 2.68. The summed E-state index contributed by atoms with van der Waals surface area (Å²) in [6, 6.07) is 16.7. The van der Waals surface area contributed by atoms with Crippen LogP contribution in [-0.2, 0) is 17.6 Å². The lowest BCUT2D eigenvalue weighted by atomic mass is 9.97. The summed E-state index contributed by atoms with van der Waals surface area (Å²) in [4.78, 5) is 5.37. The Hall–Kier alpha value is -2.21. The molecular formula is C21H13Cl3F3NO. The molecule has 0 aliphatic heterocycles. The second-order valence-corrected chi connectivity index (χ2v) is 7.20. The molecule has 3 rings (SSSR count). The molecule has 0 amide bonds. The first-order chi connectivity index (χ1) is 13.8. The molecule has 0 radical (unpaired) electrons. The molecule has 3 aromatic carbocycles. The van der Waals surface area contributed by atoms with Gasteiger partial charge in [-0.2, -0.15) is 13.2 Å². The van der Waals surface area contributed by atoms with Crippen LogP contribution in [-0.4, -0.2) is 5.71 Å². The fourth-order valence-electron chi connectivity index (χ4n) is 2.64. The smallest absolute Gasteiger partial charge is 0.390 e. The van der Waals surface area contributed by atoms with Gasteiger partial charge in [0.2, 0.25) is 0 Å². The Morgan fingerprint density at radius 1 is 0.897 bits per heavy atom. The van der Waals surface area contributed by atoms with Crippen LogP contribution in [0.1, 0.15) is 22.3 Å². The van der Waals surface area contributed by atoms with Crippen molar-refractivity contribution in [2.75, 3.05) is 0 Å². The lowest BCUT2D eigenvalue weighted by Gasteiger charge is -2.15. The van der Waals surface area contributed by atoms with Crippen molar-refractivity contribution >= 4 is 40.5 Å². The van der Waals surface area contributed by atoms with Gasteiger partial charge >= 0.3 is 6.18 Å². The van der Waals surface area contributed by atoms with Crippen molar-refractivity contribution in [3.63, 3.8) is 0 Å². The Labute approximate surface area is 180 Å². The number of oxime groups is 1. The molecule has 150 valence electrons. The maximum Gasteiger partial charge on any atom is 0.417 e. The highest BCUT2D eigenvalue weighted by Crippen LogP contribution is 2.35. The Bertz CT molecular complexity index is 1040. The first-order valence-electron chi connectivity index (χ1n) is 8.33. The van der Waals surface area contributed by atoms with Gasteiger partial charge in [-0.05, 0) is 24.3 Å². The maximum atomic E-state index is 13.6. The Kier molecular flexibility index (Phi) is 6.73. The molecule has 3 aromatic rings. The molecule has 0 N–H and O–H groups in total. The number of hydrogen-bond donors (Lipinski definition) is 0. The van der Waals surface area contributed by atoms with Gasteiger partial charge in [-0.25, -0.2) is 0 Å². The molecule has 8 heteroatoms. The van der Waals surface area contributed by atoms with Gasteiger partial charge in [-0.15, -0.1) is 0 Å².